The van der Waals surface area contributed by atoms with E-state index in [9.17, 15) is 14.0 Å². The van der Waals surface area contributed by atoms with Gasteiger partial charge in [-0.3, -0.25) is 4.79 Å². The first-order chi connectivity index (χ1) is 15.4. The molecule has 2 aromatic rings. The van der Waals surface area contributed by atoms with Crippen molar-refractivity contribution in [3.63, 3.8) is 0 Å². The minimum Gasteiger partial charge on any atom is -0.461 e. The van der Waals surface area contributed by atoms with Gasteiger partial charge in [0.1, 0.15) is 11.7 Å². The lowest BCUT2D eigenvalue weighted by Crippen LogP contribution is -2.21. The molecule has 1 aliphatic heterocycles. The molecule has 1 aliphatic rings. The van der Waals surface area contributed by atoms with Gasteiger partial charge in [0, 0.05) is 32.8 Å². The second-order valence-electron chi connectivity index (χ2n) is 7.16. The Balaban J connectivity index is 1.93. The van der Waals surface area contributed by atoms with Crippen molar-refractivity contribution in [3.05, 3.63) is 41.5 Å². The van der Waals surface area contributed by atoms with Gasteiger partial charge in [0.2, 0.25) is 5.91 Å². The highest BCUT2D eigenvalue weighted by molar-refractivity contribution is 5.93. The van der Waals surface area contributed by atoms with Crippen molar-refractivity contribution >= 4 is 17.6 Å². The van der Waals surface area contributed by atoms with Crippen LogP contribution in [0.2, 0.25) is 0 Å². The Kier molecular flexibility index (Phi) is 7.73. The van der Waals surface area contributed by atoms with E-state index in [4.69, 9.17) is 9.47 Å². The van der Waals surface area contributed by atoms with Gasteiger partial charge in [-0.05, 0) is 31.5 Å². The van der Waals surface area contributed by atoms with E-state index in [0.717, 1.165) is 0 Å². The molecular weight excluding hydrogens is 415 g/mol. The zero-order chi connectivity index (χ0) is 23.1. The van der Waals surface area contributed by atoms with Gasteiger partial charge < -0.3 is 19.7 Å². The molecule has 1 aromatic heterocycles. The van der Waals surface area contributed by atoms with Crippen LogP contribution in [0.3, 0.4) is 0 Å². The summed E-state index contributed by atoms with van der Waals surface area (Å²) < 4.78 is 24.7. The fourth-order valence-electron chi connectivity index (χ4n) is 3.18. The van der Waals surface area contributed by atoms with Crippen molar-refractivity contribution in [1.29, 1.82) is 0 Å². The number of nitrogens with zero attached hydrogens (tertiary/aromatic N) is 3. The number of aromatic nitrogens is 2. The lowest BCUT2D eigenvalue weighted by Gasteiger charge is -2.12. The van der Waals surface area contributed by atoms with Crippen LogP contribution in [-0.4, -0.2) is 67.2 Å². The van der Waals surface area contributed by atoms with E-state index in [1.807, 2.05) is 0 Å². The molecule has 0 spiro atoms. The van der Waals surface area contributed by atoms with Gasteiger partial charge in [-0.15, -0.1) is 0 Å². The number of carbonyl (C=O) groups excluding carboxylic acids is 2. The average Bonchev–Trinajstić information content (AvgIpc) is 3.11. The summed E-state index contributed by atoms with van der Waals surface area (Å²) in [4.78, 5) is 34.6. The largest absolute Gasteiger partial charge is 0.461 e. The number of hydrogen-bond acceptors (Lipinski definition) is 7. The zero-order valence-electron chi connectivity index (χ0n) is 18.3. The highest BCUT2D eigenvalue weighted by Crippen LogP contribution is 2.24. The van der Waals surface area contributed by atoms with Gasteiger partial charge in [-0.2, -0.15) is 0 Å². The first kappa shape index (κ1) is 23.2. The van der Waals surface area contributed by atoms with Gasteiger partial charge in [0.05, 0.1) is 30.7 Å². The molecule has 0 unspecified atom stereocenters. The summed E-state index contributed by atoms with van der Waals surface area (Å²) >= 11 is 0. The number of benzene rings is 1. The SMILES string of the molecule is CCOC(=O)c1nc(-c2cc(C#C[C@@H]3CCN(C)C3=O)ccc2F)ncc1NCCOC. The Bertz CT molecular complexity index is 1060. The molecule has 168 valence electrons. The number of anilines is 1. The Hall–Kier alpha value is -3.51. The van der Waals surface area contributed by atoms with Crippen molar-refractivity contribution in [3.8, 4) is 23.2 Å². The molecule has 1 amide bonds. The van der Waals surface area contributed by atoms with Crippen LogP contribution in [0.25, 0.3) is 11.4 Å². The van der Waals surface area contributed by atoms with E-state index in [1.165, 1.54) is 24.4 Å². The van der Waals surface area contributed by atoms with Crippen LogP contribution in [0.15, 0.2) is 24.4 Å². The number of nitrogens with one attached hydrogen (secondary N) is 1. The number of ether oxygens (including phenoxy) is 2. The Labute approximate surface area is 186 Å². The number of rotatable bonds is 7. The molecule has 8 nitrogen and oxygen atoms in total. The maximum Gasteiger partial charge on any atom is 0.359 e. The minimum absolute atomic E-state index is 0.00318. The van der Waals surface area contributed by atoms with Crippen LogP contribution in [0.4, 0.5) is 10.1 Å². The third-order valence-electron chi connectivity index (χ3n) is 4.90. The quantitative estimate of drug-likeness (QED) is 0.401. The fourth-order valence-corrected chi connectivity index (χ4v) is 3.18. The van der Waals surface area contributed by atoms with Crippen molar-refractivity contribution in [2.45, 2.75) is 13.3 Å². The van der Waals surface area contributed by atoms with Gasteiger partial charge >= 0.3 is 5.97 Å². The zero-order valence-corrected chi connectivity index (χ0v) is 18.3. The van der Waals surface area contributed by atoms with Crippen molar-refractivity contribution in [2.75, 3.05) is 45.8 Å². The second kappa shape index (κ2) is 10.7. The van der Waals surface area contributed by atoms with Crippen molar-refractivity contribution in [2.24, 2.45) is 5.92 Å². The predicted molar refractivity (Wildman–Crippen MR) is 116 cm³/mol. The highest BCUT2D eigenvalue weighted by Gasteiger charge is 2.27. The number of likely N-dealkylation sites (tertiary alicyclic amines) is 1. The number of esters is 1. The molecule has 2 heterocycles. The summed E-state index contributed by atoms with van der Waals surface area (Å²) in [6.45, 7) is 3.37. The van der Waals surface area contributed by atoms with Crippen LogP contribution in [0, 0.1) is 23.6 Å². The Morgan fingerprint density at radius 3 is 2.91 bits per heavy atom. The molecule has 32 heavy (non-hydrogen) atoms. The predicted octanol–water partition coefficient (Wildman–Crippen LogP) is 2.35. The topological polar surface area (TPSA) is 93.7 Å². The number of halogens is 1. The van der Waals surface area contributed by atoms with E-state index in [-0.39, 0.29) is 35.5 Å². The summed E-state index contributed by atoms with van der Waals surface area (Å²) in [7, 11) is 3.30. The summed E-state index contributed by atoms with van der Waals surface area (Å²) in [5.74, 6) is 4.36. The number of amides is 1. The molecule has 0 aliphatic carbocycles. The van der Waals surface area contributed by atoms with E-state index < -0.39 is 11.8 Å². The van der Waals surface area contributed by atoms with Crippen LogP contribution in [-0.2, 0) is 14.3 Å². The first-order valence-electron chi connectivity index (χ1n) is 10.3. The first-order valence-corrected chi connectivity index (χ1v) is 10.3. The third kappa shape index (κ3) is 5.39. The van der Waals surface area contributed by atoms with Gasteiger partial charge in [-0.25, -0.2) is 19.2 Å². The normalized spacial score (nSPS) is 15.3. The molecule has 1 aromatic carbocycles. The van der Waals surface area contributed by atoms with Crippen LogP contribution >= 0.6 is 0 Å². The lowest BCUT2D eigenvalue weighted by molar-refractivity contribution is -0.128. The lowest BCUT2D eigenvalue weighted by atomic mass is 10.1. The van der Waals surface area contributed by atoms with Crippen LogP contribution < -0.4 is 5.32 Å². The molecule has 1 atom stereocenters. The van der Waals surface area contributed by atoms with Gasteiger partial charge in [0.25, 0.3) is 0 Å². The number of hydrogen-bond donors (Lipinski definition) is 1. The molecule has 0 saturated carbocycles. The summed E-state index contributed by atoms with van der Waals surface area (Å²) in [6, 6.07) is 4.30. The molecule has 1 N–H and O–H groups in total. The average molecular weight is 440 g/mol. The van der Waals surface area contributed by atoms with Crippen molar-refractivity contribution < 1.29 is 23.5 Å². The van der Waals surface area contributed by atoms with E-state index >= 15 is 0 Å². The van der Waals surface area contributed by atoms with E-state index in [0.29, 0.717) is 37.4 Å². The maximum atomic E-state index is 14.6. The monoisotopic (exact) mass is 440 g/mol. The van der Waals surface area contributed by atoms with E-state index in [2.05, 4.69) is 27.1 Å². The molecule has 3 rings (SSSR count). The maximum absolute atomic E-state index is 14.6. The summed E-state index contributed by atoms with van der Waals surface area (Å²) in [5.41, 5.74) is 0.987. The molecule has 0 bridgehead atoms. The number of carbonyl (C=O) groups is 2. The summed E-state index contributed by atoms with van der Waals surface area (Å²) in [6.07, 6.45) is 2.08. The van der Waals surface area contributed by atoms with Crippen molar-refractivity contribution in [1.82, 2.24) is 14.9 Å². The van der Waals surface area contributed by atoms with E-state index in [1.54, 1.807) is 26.0 Å². The molecule has 9 heteroatoms. The number of methoxy groups -OCH3 is 1. The van der Waals surface area contributed by atoms with Crippen LogP contribution in [0.5, 0.6) is 0 Å². The second-order valence-corrected chi connectivity index (χ2v) is 7.16. The third-order valence-corrected chi connectivity index (χ3v) is 4.90. The minimum atomic E-state index is -0.642. The Morgan fingerprint density at radius 2 is 2.22 bits per heavy atom. The summed E-state index contributed by atoms with van der Waals surface area (Å²) in [5, 5.41) is 3.01. The Morgan fingerprint density at radius 1 is 1.41 bits per heavy atom. The molecule has 1 saturated heterocycles. The molecule has 0 radical (unpaired) electrons. The van der Waals surface area contributed by atoms with Gasteiger partial charge in [0.15, 0.2) is 11.5 Å². The standard InChI is InChI=1S/C23H25FN4O4/c1-4-32-23(30)20-19(25-10-12-31-3)14-26-21(27-20)17-13-15(6-8-18(17)24)5-7-16-9-11-28(2)22(16)29/h6,8,13-14,16,25H,4,9-12H2,1-3H3/t16-/m1/s1. The highest BCUT2D eigenvalue weighted by atomic mass is 19.1. The molecular formula is C23H25FN4O4. The van der Waals surface area contributed by atoms with Crippen LogP contribution in [0.1, 0.15) is 29.4 Å². The van der Waals surface area contributed by atoms with Gasteiger partial charge in [-0.1, -0.05) is 11.8 Å². The molecule has 1 fully saturated rings. The smallest absolute Gasteiger partial charge is 0.359 e. The fraction of sp³-hybridized carbons (Fsp3) is 0.391.